The third-order valence-electron chi connectivity index (χ3n) is 3.02. The van der Waals surface area contributed by atoms with Crippen LogP contribution in [0.2, 0.25) is 0 Å². The number of aryl methyl sites for hydroxylation is 1. The Morgan fingerprint density at radius 2 is 2.29 bits per heavy atom. The van der Waals surface area contributed by atoms with Crippen molar-refractivity contribution in [3.63, 3.8) is 0 Å². The van der Waals surface area contributed by atoms with Crippen LogP contribution in [0.3, 0.4) is 0 Å². The Hall–Kier alpha value is -1.10. The van der Waals surface area contributed by atoms with Gasteiger partial charge < -0.3 is 10.6 Å². The van der Waals surface area contributed by atoms with Crippen molar-refractivity contribution in [2.45, 2.75) is 45.2 Å². The third-order valence-corrected chi connectivity index (χ3v) is 3.93. The second kappa shape index (κ2) is 6.00. The maximum atomic E-state index is 4.25. The molecule has 0 unspecified atom stereocenters. The van der Waals surface area contributed by atoms with Gasteiger partial charge in [-0.25, -0.2) is 4.98 Å². The standard InChI is InChI=1S/C12H20N4S/c1-9-14-7-11(17-9)8-15-12(13-2)16-10-5-3-4-6-10/h7,10H,3-6,8H2,1-2H3,(H2,13,15,16). The van der Waals surface area contributed by atoms with Gasteiger partial charge in [-0.15, -0.1) is 11.3 Å². The van der Waals surface area contributed by atoms with Crippen molar-refractivity contribution in [2.75, 3.05) is 7.05 Å². The molecular formula is C12H20N4S. The first-order valence-electron chi connectivity index (χ1n) is 6.16. The molecule has 0 aliphatic heterocycles. The van der Waals surface area contributed by atoms with Crippen LogP contribution in [-0.2, 0) is 6.54 Å². The molecule has 5 heteroatoms. The van der Waals surface area contributed by atoms with Gasteiger partial charge in [-0.05, 0) is 19.8 Å². The van der Waals surface area contributed by atoms with Gasteiger partial charge >= 0.3 is 0 Å². The normalized spacial score (nSPS) is 17.4. The predicted octanol–water partition coefficient (Wildman–Crippen LogP) is 2.06. The average molecular weight is 252 g/mol. The highest BCUT2D eigenvalue weighted by molar-refractivity contribution is 7.11. The Bertz CT molecular complexity index is 380. The van der Waals surface area contributed by atoms with E-state index in [1.165, 1.54) is 30.6 Å². The van der Waals surface area contributed by atoms with E-state index in [1.807, 2.05) is 20.2 Å². The van der Waals surface area contributed by atoms with Crippen molar-refractivity contribution in [3.05, 3.63) is 16.1 Å². The lowest BCUT2D eigenvalue weighted by molar-refractivity contribution is 0.614. The molecule has 4 nitrogen and oxygen atoms in total. The van der Waals surface area contributed by atoms with E-state index in [9.17, 15) is 0 Å². The van der Waals surface area contributed by atoms with Crippen molar-refractivity contribution in [1.29, 1.82) is 0 Å². The van der Waals surface area contributed by atoms with Gasteiger partial charge in [-0.3, -0.25) is 4.99 Å². The molecule has 1 aliphatic carbocycles. The van der Waals surface area contributed by atoms with E-state index in [0.29, 0.717) is 6.04 Å². The number of nitrogens with zero attached hydrogens (tertiary/aromatic N) is 2. The summed E-state index contributed by atoms with van der Waals surface area (Å²) >= 11 is 1.73. The van der Waals surface area contributed by atoms with E-state index in [0.717, 1.165) is 17.5 Å². The van der Waals surface area contributed by atoms with Gasteiger partial charge in [0.05, 0.1) is 11.6 Å². The number of hydrogen-bond acceptors (Lipinski definition) is 3. The lowest BCUT2D eigenvalue weighted by atomic mass is 10.2. The molecule has 1 aliphatic rings. The first kappa shape index (κ1) is 12.4. The molecule has 17 heavy (non-hydrogen) atoms. The number of aliphatic imine (C=N–C) groups is 1. The van der Waals surface area contributed by atoms with E-state index in [1.54, 1.807) is 11.3 Å². The van der Waals surface area contributed by atoms with Gasteiger partial charge in [0.15, 0.2) is 5.96 Å². The quantitative estimate of drug-likeness (QED) is 0.639. The topological polar surface area (TPSA) is 49.3 Å². The highest BCUT2D eigenvalue weighted by atomic mass is 32.1. The van der Waals surface area contributed by atoms with Crippen LogP contribution >= 0.6 is 11.3 Å². The molecule has 0 spiro atoms. The Balaban J connectivity index is 1.79. The number of hydrogen-bond donors (Lipinski definition) is 2. The van der Waals surface area contributed by atoms with Crippen LogP contribution in [0.5, 0.6) is 0 Å². The second-order valence-electron chi connectivity index (χ2n) is 4.40. The molecule has 1 saturated carbocycles. The van der Waals surface area contributed by atoms with Crippen molar-refractivity contribution >= 4 is 17.3 Å². The van der Waals surface area contributed by atoms with Crippen LogP contribution in [0.15, 0.2) is 11.2 Å². The molecule has 1 aromatic rings. The van der Waals surface area contributed by atoms with Crippen LogP contribution in [0.25, 0.3) is 0 Å². The predicted molar refractivity (Wildman–Crippen MR) is 72.4 cm³/mol. The summed E-state index contributed by atoms with van der Waals surface area (Å²) in [6, 6.07) is 0.601. The molecule has 1 heterocycles. The Kier molecular flexibility index (Phi) is 4.36. The van der Waals surface area contributed by atoms with Gasteiger partial charge in [-0.2, -0.15) is 0 Å². The summed E-state index contributed by atoms with van der Waals surface area (Å²) in [7, 11) is 1.82. The first-order chi connectivity index (χ1) is 8.28. The number of guanidine groups is 1. The van der Waals surface area contributed by atoms with E-state index in [-0.39, 0.29) is 0 Å². The molecule has 0 atom stereocenters. The van der Waals surface area contributed by atoms with E-state index < -0.39 is 0 Å². The molecule has 0 bridgehead atoms. The number of rotatable bonds is 3. The summed E-state index contributed by atoms with van der Waals surface area (Å²) in [5.74, 6) is 0.906. The highest BCUT2D eigenvalue weighted by Crippen LogP contribution is 2.17. The molecule has 0 saturated heterocycles. The molecule has 0 amide bonds. The maximum absolute atomic E-state index is 4.25. The molecule has 94 valence electrons. The van der Waals surface area contributed by atoms with Gasteiger partial charge in [-0.1, -0.05) is 12.8 Å². The minimum absolute atomic E-state index is 0.601. The van der Waals surface area contributed by atoms with E-state index in [4.69, 9.17) is 0 Å². The zero-order valence-corrected chi connectivity index (χ0v) is 11.3. The number of thiazole rings is 1. The van der Waals surface area contributed by atoms with Gasteiger partial charge in [0.1, 0.15) is 0 Å². The van der Waals surface area contributed by atoms with Crippen LogP contribution in [0.4, 0.5) is 0 Å². The lowest BCUT2D eigenvalue weighted by Crippen LogP contribution is -2.41. The van der Waals surface area contributed by atoms with Crippen LogP contribution in [0.1, 0.15) is 35.6 Å². The molecule has 0 aromatic carbocycles. The average Bonchev–Trinajstić information content (AvgIpc) is 2.96. The second-order valence-corrected chi connectivity index (χ2v) is 5.72. The molecule has 0 radical (unpaired) electrons. The highest BCUT2D eigenvalue weighted by Gasteiger charge is 2.15. The fourth-order valence-electron chi connectivity index (χ4n) is 2.12. The van der Waals surface area contributed by atoms with Gasteiger partial charge in [0, 0.05) is 24.2 Å². The summed E-state index contributed by atoms with van der Waals surface area (Å²) in [5.41, 5.74) is 0. The summed E-state index contributed by atoms with van der Waals surface area (Å²) < 4.78 is 0. The van der Waals surface area contributed by atoms with E-state index >= 15 is 0 Å². The molecular weight excluding hydrogens is 232 g/mol. The zero-order chi connectivity index (χ0) is 12.1. The summed E-state index contributed by atoms with van der Waals surface area (Å²) in [6.45, 7) is 2.83. The minimum atomic E-state index is 0.601. The van der Waals surface area contributed by atoms with Crippen LogP contribution in [-0.4, -0.2) is 24.0 Å². The maximum Gasteiger partial charge on any atom is 0.191 e. The molecule has 1 aromatic heterocycles. The molecule has 2 N–H and O–H groups in total. The first-order valence-corrected chi connectivity index (χ1v) is 6.98. The van der Waals surface area contributed by atoms with E-state index in [2.05, 4.69) is 20.6 Å². The van der Waals surface area contributed by atoms with Gasteiger partial charge in [0.25, 0.3) is 0 Å². The fourth-order valence-corrected chi connectivity index (χ4v) is 2.85. The monoisotopic (exact) mass is 252 g/mol. The Labute approximate surface area is 107 Å². The minimum Gasteiger partial charge on any atom is -0.354 e. The van der Waals surface area contributed by atoms with Crippen molar-refractivity contribution in [2.24, 2.45) is 4.99 Å². The smallest absolute Gasteiger partial charge is 0.191 e. The van der Waals surface area contributed by atoms with Crippen molar-refractivity contribution in [3.8, 4) is 0 Å². The fraction of sp³-hybridized carbons (Fsp3) is 0.667. The number of aromatic nitrogens is 1. The summed E-state index contributed by atoms with van der Waals surface area (Å²) in [4.78, 5) is 9.74. The Morgan fingerprint density at radius 3 is 2.88 bits per heavy atom. The SMILES string of the molecule is CN=C(NCc1cnc(C)s1)NC1CCCC1. The number of nitrogens with one attached hydrogen (secondary N) is 2. The molecule has 2 rings (SSSR count). The Morgan fingerprint density at radius 1 is 1.53 bits per heavy atom. The van der Waals surface area contributed by atoms with Crippen molar-refractivity contribution in [1.82, 2.24) is 15.6 Å². The van der Waals surface area contributed by atoms with Gasteiger partial charge in [0.2, 0.25) is 0 Å². The lowest BCUT2D eigenvalue weighted by Gasteiger charge is -2.16. The van der Waals surface area contributed by atoms with Crippen LogP contribution < -0.4 is 10.6 Å². The zero-order valence-electron chi connectivity index (χ0n) is 10.5. The largest absolute Gasteiger partial charge is 0.354 e. The van der Waals surface area contributed by atoms with Crippen LogP contribution in [0, 0.1) is 6.92 Å². The third kappa shape index (κ3) is 3.70. The summed E-state index contributed by atoms with van der Waals surface area (Å²) in [5, 5.41) is 7.91. The molecule has 1 fully saturated rings. The summed E-state index contributed by atoms with van der Waals surface area (Å²) in [6.07, 6.45) is 7.13. The van der Waals surface area contributed by atoms with Crippen molar-refractivity contribution < 1.29 is 0 Å².